The summed E-state index contributed by atoms with van der Waals surface area (Å²) in [6.45, 7) is 38.1. The summed E-state index contributed by atoms with van der Waals surface area (Å²) in [5, 5.41) is 18.2. The Morgan fingerprint density at radius 2 is 0.372 bits per heavy atom. The first kappa shape index (κ1) is 129. The van der Waals surface area contributed by atoms with E-state index in [1.165, 1.54) is 0 Å². The zero-order valence-corrected chi connectivity index (χ0v) is 87.4. The Morgan fingerprint density at radius 1 is 0.219 bits per heavy atom. The van der Waals surface area contributed by atoms with Crippen molar-refractivity contribution in [3.63, 3.8) is 0 Å². The Morgan fingerprint density at radius 3 is 0.533 bits per heavy atom. The van der Waals surface area contributed by atoms with Crippen molar-refractivity contribution in [1.82, 2.24) is 26.6 Å². The topological polar surface area (TPSA) is 525 Å². The number of carbonyl (C=O) groups is 13. The fourth-order valence-electron chi connectivity index (χ4n) is 11.8. The van der Waals surface area contributed by atoms with Crippen LogP contribution in [0.25, 0.3) is 10.4 Å². The number of hydrogen-bond acceptors (Lipinski definition) is 35. The maximum absolute atomic E-state index is 14.8. The van der Waals surface area contributed by atoms with Gasteiger partial charge in [0.25, 0.3) is 0 Å². The fraction of sp³-hybridized carbons (Fsp3) is 0.863. The summed E-state index contributed by atoms with van der Waals surface area (Å²) in [6, 6.07) is -0.789. The molecule has 0 unspecified atom stereocenters. The number of unbranched alkanes of at least 4 members (excludes halogenated alkanes) is 3. The summed E-state index contributed by atoms with van der Waals surface area (Å²) in [4.78, 5) is 178. The predicted molar refractivity (Wildman–Crippen MR) is 502 cm³/mol. The molecular formula is C95H170N8O34. The summed E-state index contributed by atoms with van der Waals surface area (Å²) in [7, 11) is 0. The van der Waals surface area contributed by atoms with Gasteiger partial charge >= 0.3 is 59.8 Å². The molecule has 0 bridgehead atoms. The highest BCUT2D eigenvalue weighted by Gasteiger charge is 2.41. The molecule has 0 heterocycles. The second kappa shape index (κ2) is 64.2. The number of amides is 5. The average molecular weight is 1970 g/mol. The summed E-state index contributed by atoms with van der Waals surface area (Å²) in [6.07, 6.45) is -0.975. The van der Waals surface area contributed by atoms with E-state index in [1.54, 1.807) is 187 Å². The van der Waals surface area contributed by atoms with Gasteiger partial charge in [-0.25, -0.2) is 4.79 Å². The molecule has 5 amide bonds. The third-order valence-electron chi connectivity index (χ3n) is 16.9. The second-order valence-corrected chi connectivity index (χ2v) is 42.4. The number of carbonyl (C=O) groups excluding carboxylic acids is 13. The molecule has 0 aliphatic rings. The highest BCUT2D eigenvalue weighted by atomic mass is 16.6. The first-order chi connectivity index (χ1) is 63.2. The van der Waals surface area contributed by atoms with Gasteiger partial charge in [-0.15, -0.1) is 0 Å². The molecule has 42 heteroatoms. The maximum Gasteiger partial charge on any atom is 0.315 e. The molecule has 0 aliphatic heterocycles. The van der Waals surface area contributed by atoms with Crippen molar-refractivity contribution in [2.75, 3.05) is 172 Å². The lowest BCUT2D eigenvalue weighted by Gasteiger charge is -2.36. The monoisotopic (exact) mass is 1970 g/mol. The summed E-state index contributed by atoms with van der Waals surface area (Å²) >= 11 is 0. The van der Waals surface area contributed by atoms with E-state index in [1.807, 2.05) is 0 Å². The van der Waals surface area contributed by atoms with Gasteiger partial charge in [0.05, 0.1) is 216 Å². The minimum Gasteiger partial charge on any atom is -0.460 e. The highest BCUT2D eigenvalue weighted by molar-refractivity contribution is 5.79. The van der Waals surface area contributed by atoms with Crippen LogP contribution >= 0.6 is 0 Å². The van der Waals surface area contributed by atoms with E-state index in [0.717, 1.165) is 0 Å². The smallest absolute Gasteiger partial charge is 0.315 e. The minimum absolute atomic E-state index is 0.109. The zero-order valence-electron chi connectivity index (χ0n) is 87.4. The molecular weight excluding hydrogens is 1800 g/mol. The van der Waals surface area contributed by atoms with Crippen molar-refractivity contribution in [3.8, 4) is 0 Å². The van der Waals surface area contributed by atoms with Crippen LogP contribution < -0.4 is 26.6 Å². The van der Waals surface area contributed by atoms with Crippen LogP contribution in [0, 0.1) is 0 Å². The van der Waals surface area contributed by atoms with Gasteiger partial charge < -0.3 is 126 Å². The summed E-state index contributed by atoms with van der Waals surface area (Å²) in [5.41, 5.74) is -5.33. The Bertz CT molecular complexity index is 3050. The van der Waals surface area contributed by atoms with Gasteiger partial charge in [-0.05, 0) is 205 Å². The van der Waals surface area contributed by atoms with E-state index in [4.69, 9.17) is 105 Å². The Balaban J connectivity index is 8.65. The highest BCUT2D eigenvalue weighted by Crippen LogP contribution is 2.23. The lowest BCUT2D eigenvalue weighted by Crippen LogP contribution is -2.61. The first-order valence-electron chi connectivity index (χ1n) is 47.1. The normalized spacial score (nSPS) is 12.7. The van der Waals surface area contributed by atoms with Crippen molar-refractivity contribution < 1.29 is 162 Å². The quantitative estimate of drug-likeness (QED) is 0.00943. The van der Waals surface area contributed by atoms with E-state index < -0.39 is 209 Å². The molecule has 0 rings (SSSR count). The number of urea groups is 1. The van der Waals surface area contributed by atoms with Gasteiger partial charge in [0.1, 0.15) is 72.6 Å². The van der Waals surface area contributed by atoms with Crippen molar-refractivity contribution in [2.24, 2.45) is 5.11 Å². The number of hydrogen-bond donors (Lipinski definition) is 5. The van der Waals surface area contributed by atoms with Gasteiger partial charge in [0.2, 0.25) is 17.7 Å². The molecule has 0 aromatic rings. The largest absolute Gasteiger partial charge is 0.460 e. The van der Waals surface area contributed by atoms with E-state index in [-0.39, 0.29) is 190 Å². The number of ether oxygens (including phenoxy) is 21. The third kappa shape index (κ3) is 76.3. The molecule has 0 aliphatic carbocycles. The predicted octanol–water partition coefficient (Wildman–Crippen LogP) is 10.4. The Labute approximate surface area is 811 Å². The first-order valence-corrected chi connectivity index (χ1v) is 47.1. The van der Waals surface area contributed by atoms with E-state index >= 15 is 0 Å². The van der Waals surface area contributed by atoms with E-state index in [2.05, 4.69) is 36.6 Å². The zero-order chi connectivity index (χ0) is 105. The molecule has 0 aromatic carbocycles. The summed E-state index contributed by atoms with van der Waals surface area (Å²) in [5.74, 6) is -7.35. The Hall–Kier alpha value is -8.26. The second-order valence-electron chi connectivity index (χ2n) is 42.4. The van der Waals surface area contributed by atoms with Gasteiger partial charge in [-0.2, -0.15) is 0 Å². The molecule has 794 valence electrons. The van der Waals surface area contributed by atoms with E-state index in [0.29, 0.717) is 25.7 Å². The van der Waals surface area contributed by atoms with Crippen LogP contribution in [0.3, 0.4) is 0 Å². The number of nitrogens with one attached hydrogen (secondary N) is 5. The average Bonchev–Trinajstić information content (AvgIpc) is 0.854. The van der Waals surface area contributed by atoms with Gasteiger partial charge in [-0.3, -0.25) is 57.5 Å². The van der Waals surface area contributed by atoms with Crippen LogP contribution in [-0.2, 0) is 157 Å². The molecule has 0 spiro atoms. The molecule has 0 atom stereocenters. The van der Waals surface area contributed by atoms with Crippen molar-refractivity contribution >= 4 is 77.5 Å². The van der Waals surface area contributed by atoms with Gasteiger partial charge in [0.15, 0.2) is 0 Å². The number of azide groups is 1. The van der Waals surface area contributed by atoms with Crippen LogP contribution in [0.4, 0.5) is 4.79 Å². The number of rotatable bonds is 71. The van der Waals surface area contributed by atoms with Crippen molar-refractivity contribution in [3.05, 3.63) is 10.4 Å². The molecule has 5 N–H and O–H groups in total. The lowest BCUT2D eigenvalue weighted by molar-refractivity contribution is -0.159. The standard InChI is InChI=1S/C95H170N8O34/c1-83(2,3)129-73(107)35-49-120-58-92(59-121-50-36-74(108)130-84(4,5)6,60-122-51-37-75(109)131-85(7,8)9)99-70(104)32-46-117-67-95(102-82(116)97-44-30-28-29-31-45-98-103-96,68-118-47-33-71(105)100-93(61-123-52-38-76(110)132-86(10,11)12,62-124-53-39-77(111)133-87(13,14)15)63-125-54-40-78(112)134-88(16,17)18)69-119-48-34-72(106)101-94(64-126-55-41-79(113)135-89(19,20)21,65-127-56-42-80(114)136-90(22,23)24)66-128-57-43-81(115)137-91(25,26)27/h28-69H2,1-27H3,(H,99,104)(H,100,105)(H,101,106)(H2,97,102,116). The van der Waals surface area contributed by atoms with Crippen molar-refractivity contribution in [2.45, 2.75) is 362 Å². The SMILES string of the molecule is CC(C)(C)OC(=O)CCOCC(COCCC(=O)OC(C)(C)C)(COCCC(=O)OC(C)(C)C)NC(=O)CCOCC(COCCC(=O)NC(COCCC(=O)OC(C)(C)C)(COCCC(=O)OC(C)(C)C)COCCC(=O)OC(C)(C)C)(COCCC(=O)NC(COCCC(=O)OC(C)(C)C)(COCCC(=O)OC(C)(C)C)COCCC(=O)OC(C)(C)C)NC(=O)NCCCCCCN=[N+]=[N-]. The van der Waals surface area contributed by atoms with Crippen molar-refractivity contribution in [1.29, 1.82) is 0 Å². The lowest BCUT2D eigenvalue weighted by atomic mass is 10.0. The number of esters is 9. The molecule has 0 radical (unpaired) electrons. The van der Waals surface area contributed by atoms with Crippen LogP contribution in [0.15, 0.2) is 5.11 Å². The van der Waals surface area contributed by atoms with Crippen LogP contribution in [0.5, 0.6) is 0 Å². The molecule has 0 saturated carbocycles. The molecule has 0 fully saturated rings. The molecule has 0 saturated heterocycles. The third-order valence-corrected chi connectivity index (χ3v) is 16.9. The van der Waals surface area contributed by atoms with Crippen LogP contribution in [0.2, 0.25) is 0 Å². The Kier molecular flexibility index (Phi) is 60.4. The minimum atomic E-state index is -1.84. The van der Waals surface area contributed by atoms with Gasteiger partial charge in [-0.1, -0.05) is 18.0 Å². The molecule has 0 aromatic heterocycles. The maximum atomic E-state index is 14.8. The van der Waals surface area contributed by atoms with Crippen LogP contribution in [0.1, 0.15) is 290 Å². The molecule has 137 heavy (non-hydrogen) atoms. The fourth-order valence-corrected chi connectivity index (χ4v) is 11.8. The number of nitrogens with zero attached hydrogens (tertiary/aromatic N) is 3. The van der Waals surface area contributed by atoms with Gasteiger partial charge in [0, 0.05) is 37.3 Å². The van der Waals surface area contributed by atoms with Crippen LogP contribution in [-0.4, -0.2) is 322 Å². The van der Waals surface area contributed by atoms with E-state index in [9.17, 15) is 62.3 Å². The molecule has 42 nitrogen and oxygen atoms in total. The summed E-state index contributed by atoms with van der Waals surface area (Å²) < 4.78 is 124.